The van der Waals surface area contributed by atoms with Crippen LogP contribution in [0.15, 0.2) is 18.2 Å². The Hall–Kier alpha value is -1.23. The lowest BCUT2D eigenvalue weighted by molar-refractivity contribution is 0.0910. The summed E-state index contributed by atoms with van der Waals surface area (Å²) < 4.78 is 10.3. The van der Waals surface area contributed by atoms with Gasteiger partial charge in [-0.1, -0.05) is 22.9 Å². The molecule has 1 aromatic carbocycles. The Morgan fingerprint density at radius 3 is 2.42 bits per heavy atom. The van der Waals surface area contributed by atoms with Gasteiger partial charge in [0.25, 0.3) is 5.91 Å². The molecule has 0 aliphatic heterocycles. The highest BCUT2D eigenvalue weighted by Crippen LogP contribution is 2.25. The minimum absolute atomic E-state index is 0.146. The molecule has 0 saturated carbocycles. The predicted molar refractivity (Wildman–Crippen MR) is 79.5 cm³/mol. The number of halogens is 1. The highest BCUT2D eigenvalue weighted by Gasteiger charge is 2.27. The number of hydrogen-bond donors (Lipinski definition) is 1. The lowest BCUT2D eigenvalue weighted by Gasteiger charge is -2.29. The van der Waals surface area contributed by atoms with Crippen molar-refractivity contribution in [2.24, 2.45) is 0 Å². The quantitative estimate of drug-likeness (QED) is 0.845. The van der Waals surface area contributed by atoms with E-state index in [4.69, 9.17) is 9.47 Å². The third-order valence-corrected chi connectivity index (χ3v) is 4.23. The number of hydrogen-bond acceptors (Lipinski definition) is 3. The Balaban J connectivity index is 3.00. The Kier molecular flexibility index (Phi) is 5.23. The van der Waals surface area contributed by atoms with Crippen LogP contribution >= 0.6 is 15.9 Å². The van der Waals surface area contributed by atoms with Crippen molar-refractivity contribution < 1.29 is 14.3 Å². The van der Waals surface area contributed by atoms with Crippen molar-refractivity contribution in [2.75, 3.05) is 14.2 Å². The molecule has 1 unspecified atom stereocenters. The Labute approximate surface area is 122 Å². The number of carbonyl (C=O) groups excluding carboxylic acids is 1. The van der Waals surface area contributed by atoms with Gasteiger partial charge in [0, 0.05) is 16.4 Å². The van der Waals surface area contributed by atoms with E-state index >= 15 is 0 Å². The maximum Gasteiger partial charge on any atom is 0.255 e. The van der Waals surface area contributed by atoms with E-state index in [9.17, 15) is 4.79 Å². The van der Waals surface area contributed by atoms with Crippen molar-refractivity contribution in [2.45, 2.75) is 31.1 Å². The standard InChI is InChI=1S/C14H20BrNO3/c1-9(15)14(2,3)16-13(17)11-7-6-10(18-4)8-12(11)19-5/h6-9H,1-5H3,(H,16,17). The molecule has 1 atom stereocenters. The highest BCUT2D eigenvalue weighted by molar-refractivity contribution is 9.09. The minimum atomic E-state index is -0.359. The molecule has 19 heavy (non-hydrogen) atoms. The molecule has 106 valence electrons. The first-order valence-electron chi connectivity index (χ1n) is 6.00. The van der Waals surface area contributed by atoms with E-state index in [-0.39, 0.29) is 16.3 Å². The van der Waals surface area contributed by atoms with Crippen LogP contribution in [0.1, 0.15) is 31.1 Å². The molecule has 5 heteroatoms. The van der Waals surface area contributed by atoms with Gasteiger partial charge in [-0.3, -0.25) is 4.79 Å². The number of benzene rings is 1. The molecule has 4 nitrogen and oxygen atoms in total. The van der Waals surface area contributed by atoms with Gasteiger partial charge in [-0.2, -0.15) is 0 Å². The van der Waals surface area contributed by atoms with Crippen molar-refractivity contribution in [3.8, 4) is 11.5 Å². The molecular formula is C14H20BrNO3. The maximum atomic E-state index is 12.3. The normalized spacial score (nSPS) is 12.7. The topological polar surface area (TPSA) is 47.6 Å². The summed E-state index contributed by atoms with van der Waals surface area (Å²) in [5.41, 5.74) is 0.131. The third kappa shape index (κ3) is 3.86. The van der Waals surface area contributed by atoms with Gasteiger partial charge in [0.05, 0.1) is 19.8 Å². The van der Waals surface area contributed by atoms with Crippen molar-refractivity contribution >= 4 is 21.8 Å². The molecule has 0 heterocycles. The van der Waals surface area contributed by atoms with Crippen LogP contribution in [0.3, 0.4) is 0 Å². The number of carbonyl (C=O) groups is 1. The Morgan fingerprint density at radius 1 is 1.32 bits per heavy atom. The first-order valence-corrected chi connectivity index (χ1v) is 6.92. The second-order valence-electron chi connectivity index (χ2n) is 4.86. The van der Waals surface area contributed by atoms with Crippen molar-refractivity contribution in [3.05, 3.63) is 23.8 Å². The monoisotopic (exact) mass is 329 g/mol. The van der Waals surface area contributed by atoms with E-state index in [1.807, 2.05) is 20.8 Å². The summed E-state index contributed by atoms with van der Waals surface area (Å²) in [6, 6.07) is 5.13. The maximum absolute atomic E-state index is 12.3. The van der Waals surface area contributed by atoms with Gasteiger partial charge in [0.2, 0.25) is 0 Å². The molecule has 0 bridgehead atoms. The van der Waals surface area contributed by atoms with Gasteiger partial charge in [-0.25, -0.2) is 0 Å². The summed E-state index contributed by atoms with van der Waals surface area (Å²) in [7, 11) is 3.11. The van der Waals surface area contributed by atoms with E-state index in [2.05, 4.69) is 21.2 Å². The van der Waals surface area contributed by atoms with Gasteiger partial charge in [-0.15, -0.1) is 0 Å². The van der Waals surface area contributed by atoms with Crippen molar-refractivity contribution in [1.82, 2.24) is 5.32 Å². The summed E-state index contributed by atoms with van der Waals surface area (Å²) in [6.07, 6.45) is 0. The molecule has 0 radical (unpaired) electrons. The molecule has 0 saturated heterocycles. The Morgan fingerprint density at radius 2 is 1.95 bits per heavy atom. The van der Waals surface area contributed by atoms with E-state index in [0.29, 0.717) is 17.1 Å². The number of rotatable bonds is 5. The zero-order valence-corrected chi connectivity index (χ0v) is 13.5. The van der Waals surface area contributed by atoms with Crippen molar-refractivity contribution in [3.63, 3.8) is 0 Å². The summed E-state index contributed by atoms with van der Waals surface area (Å²) in [4.78, 5) is 12.4. The van der Waals surface area contributed by atoms with Gasteiger partial charge < -0.3 is 14.8 Å². The van der Waals surface area contributed by atoms with E-state index in [1.54, 1.807) is 25.3 Å². The predicted octanol–water partition coefficient (Wildman–Crippen LogP) is 3.00. The fourth-order valence-corrected chi connectivity index (χ4v) is 1.56. The molecule has 1 amide bonds. The lowest BCUT2D eigenvalue weighted by Crippen LogP contribution is -2.48. The van der Waals surface area contributed by atoms with Crippen LogP contribution in [0, 0.1) is 0 Å². The highest BCUT2D eigenvalue weighted by atomic mass is 79.9. The largest absolute Gasteiger partial charge is 0.497 e. The molecule has 0 fully saturated rings. The smallest absolute Gasteiger partial charge is 0.255 e. The first-order chi connectivity index (χ1) is 8.81. The van der Waals surface area contributed by atoms with E-state index in [0.717, 1.165) is 0 Å². The molecule has 1 N–H and O–H groups in total. The second kappa shape index (κ2) is 6.28. The zero-order valence-electron chi connectivity index (χ0n) is 11.9. The summed E-state index contributed by atoms with van der Waals surface area (Å²) >= 11 is 3.49. The van der Waals surface area contributed by atoms with Gasteiger partial charge in [0.15, 0.2) is 0 Å². The molecule has 1 rings (SSSR count). The summed E-state index contributed by atoms with van der Waals surface area (Å²) in [5, 5.41) is 2.98. The molecule has 0 aromatic heterocycles. The number of methoxy groups -OCH3 is 2. The van der Waals surface area contributed by atoms with Crippen LogP contribution in [0.5, 0.6) is 11.5 Å². The molecule has 0 aliphatic carbocycles. The van der Waals surface area contributed by atoms with E-state index < -0.39 is 0 Å². The van der Waals surface area contributed by atoms with Gasteiger partial charge >= 0.3 is 0 Å². The molecular weight excluding hydrogens is 310 g/mol. The number of alkyl halides is 1. The average Bonchev–Trinajstić information content (AvgIpc) is 2.37. The van der Waals surface area contributed by atoms with Crippen LogP contribution in [-0.2, 0) is 0 Å². The van der Waals surface area contributed by atoms with Crippen LogP contribution in [0.4, 0.5) is 0 Å². The number of amides is 1. The van der Waals surface area contributed by atoms with E-state index in [1.165, 1.54) is 7.11 Å². The van der Waals surface area contributed by atoms with Crippen molar-refractivity contribution in [1.29, 1.82) is 0 Å². The molecule has 0 aliphatic rings. The second-order valence-corrected chi connectivity index (χ2v) is 6.23. The molecule has 1 aromatic rings. The fourth-order valence-electron chi connectivity index (χ4n) is 1.45. The SMILES string of the molecule is COc1ccc(C(=O)NC(C)(C)C(C)Br)c(OC)c1. The van der Waals surface area contributed by atoms with Gasteiger partial charge in [0.1, 0.15) is 11.5 Å². The average molecular weight is 330 g/mol. The first kappa shape index (κ1) is 15.8. The van der Waals surface area contributed by atoms with Gasteiger partial charge in [-0.05, 0) is 26.0 Å². The zero-order chi connectivity index (χ0) is 14.6. The summed E-state index contributed by atoms with van der Waals surface area (Å²) in [5.74, 6) is 0.979. The number of nitrogens with one attached hydrogen (secondary N) is 1. The van der Waals surface area contributed by atoms with Crippen LogP contribution in [0.25, 0.3) is 0 Å². The molecule has 0 spiro atoms. The Bertz CT molecular complexity index is 458. The minimum Gasteiger partial charge on any atom is -0.497 e. The number of ether oxygens (including phenoxy) is 2. The fraction of sp³-hybridized carbons (Fsp3) is 0.500. The lowest BCUT2D eigenvalue weighted by atomic mass is 10.0. The van der Waals surface area contributed by atoms with Crippen LogP contribution in [0.2, 0.25) is 0 Å². The van der Waals surface area contributed by atoms with Crippen LogP contribution in [-0.4, -0.2) is 30.5 Å². The van der Waals surface area contributed by atoms with Crippen LogP contribution < -0.4 is 14.8 Å². The third-order valence-electron chi connectivity index (χ3n) is 3.08. The summed E-state index contributed by atoms with van der Waals surface area (Å²) in [6.45, 7) is 5.91.